The highest BCUT2D eigenvalue weighted by atomic mass is 16.5. The molecule has 31 heavy (non-hydrogen) atoms. The van der Waals surface area contributed by atoms with Crippen LogP contribution in [-0.2, 0) is 0 Å². The summed E-state index contributed by atoms with van der Waals surface area (Å²) in [6, 6.07) is 11.1. The fourth-order valence-electron chi connectivity index (χ4n) is 4.62. The standard InChI is InChI=1S/C24H24N4O3/c1-15-4-7-22(27-13-15)31-21-11-16-10-20(21)28(14-16)24(29)18-6-5-17(30-2)12-19(18)23-25-8-3-9-26-23/h3-9,12-13,16,20-21H,10-11,14H2,1-2H3. The molecule has 3 atom stereocenters. The van der Waals surface area contributed by atoms with Crippen molar-refractivity contribution in [3.63, 3.8) is 0 Å². The second-order valence-corrected chi connectivity index (χ2v) is 8.18. The van der Waals surface area contributed by atoms with E-state index in [0.29, 0.717) is 34.5 Å². The summed E-state index contributed by atoms with van der Waals surface area (Å²) in [7, 11) is 1.60. The largest absolute Gasteiger partial charge is 0.497 e. The summed E-state index contributed by atoms with van der Waals surface area (Å²) in [4.78, 5) is 28.6. The van der Waals surface area contributed by atoms with Crippen molar-refractivity contribution in [2.24, 2.45) is 5.92 Å². The van der Waals surface area contributed by atoms with Gasteiger partial charge in [0.2, 0.25) is 5.88 Å². The van der Waals surface area contributed by atoms with Crippen LogP contribution in [0.5, 0.6) is 11.6 Å². The van der Waals surface area contributed by atoms with Gasteiger partial charge in [0, 0.05) is 36.8 Å². The van der Waals surface area contributed by atoms with E-state index in [2.05, 4.69) is 15.0 Å². The Kier molecular flexibility index (Phi) is 5.02. The first-order valence-electron chi connectivity index (χ1n) is 10.5. The number of carbonyl (C=O) groups excluding carboxylic acids is 1. The molecule has 1 aromatic carbocycles. The summed E-state index contributed by atoms with van der Waals surface area (Å²) in [6.45, 7) is 2.74. The van der Waals surface area contributed by atoms with Crippen LogP contribution < -0.4 is 9.47 Å². The highest BCUT2D eigenvalue weighted by molar-refractivity contribution is 6.00. The summed E-state index contributed by atoms with van der Waals surface area (Å²) in [5.74, 6) is 2.19. The SMILES string of the molecule is COc1ccc(C(=O)N2CC3CC(Oc4ccc(C)cn4)C2C3)c(-c2ncccn2)c1. The van der Waals surface area contributed by atoms with Crippen molar-refractivity contribution in [2.45, 2.75) is 31.9 Å². The van der Waals surface area contributed by atoms with Gasteiger partial charge in [-0.25, -0.2) is 15.0 Å². The number of fused-ring (bicyclic) bond motifs is 2. The van der Waals surface area contributed by atoms with Crippen molar-refractivity contribution in [1.82, 2.24) is 19.9 Å². The summed E-state index contributed by atoms with van der Waals surface area (Å²) in [5.41, 5.74) is 2.34. The van der Waals surface area contributed by atoms with Crippen LogP contribution in [0.2, 0.25) is 0 Å². The number of pyridine rings is 1. The lowest BCUT2D eigenvalue weighted by atomic mass is 10.0. The normalized spacial score (nSPS) is 21.9. The van der Waals surface area contributed by atoms with E-state index >= 15 is 0 Å². The monoisotopic (exact) mass is 416 g/mol. The fourth-order valence-corrected chi connectivity index (χ4v) is 4.62. The predicted octanol–water partition coefficient (Wildman–Crippen LogP) is 3.54. The third-order valence-electron chi connectivity index (χ3n) is 6.11. The Morgan fingerprint density at radius 3 is 2.65 bits per heavy atom. The van der Waals surface area contributed by atoms with E-state index in [1.807, 2.05) is 30.0 Å². The molecule has 3 heterocycles. The van der Waals surface area contributed by atoms with Crippen molar-refractivity contribution in [1.29, 1.82) is 0 Å². The maximum atomic E-state index is 13.6. The Balaban J connectivity index is 1.42. The van der Waals surface area contributed by atoms with Gasteiger partial charge in [0.1, 0.15) is 11.9 Å². The van der Waals surface area contributed by atoms with Gasteiger partial charge in [-0.3, -0.25) is 4.79 Å². The van der Waals surface area contributed by atoms with Gasteiger partial charge in [0.25, 0.3) is 5.91 Å². The van der Waals surface area contributed by atoms with Crippen molar-refractivity contribution in [3.05, 3.63) is 66.1 Å². The van der Waals surface area contributed by atoms with Gasteiger partial charge in [-0.1, -0.05) is 6.07 Å². The van der Waals surface area contributed by atoms with Gasteiger partial charge in [-0.15, -0.1) is 0 Å². The molecule has 2 aliphatic rings. The molecule has 1 aliphatic heterocycles. The molecule has 3 aromatic rings. The topological polar surface area (TPSA) is 77.4 Å². The third kappa shape index (κ3) is 3.71. The molecule has 0 radical (unpaired) electrons. The second kappa shape index (κ2) is 7.98. The molecular weight excluding hydrogens is 392 g/mol. The fraction of sp³-hybridized carbons (Fsp3) is 0.333. The minimum absolute atomic E-state index is 0.0252. The number of likely N-dealkylation sites (tertiary alicyclic amines) is 1. The van der Waals surface area contributed by atoms with Gasteiger partial charge in [-0.2, -0.15) is 0 Å². The Hall–Kier alpha value is -3.48. The molecule has 7 nitrogen and oxygen atoms in total. The van der Waals surface area contributed by atoms with Crippen molar-refractivity contribution in [3.8, 4) is 23.0 Å². The van der Waals surface area contributed by atoms with E-state index in [-0.39, 0.29) is 18.1 Å². The summed E-state index contributed by atoms with van der Waals surface area (Å²) in [6.07, 6.45) is 7.00. The number of aromatic nitrogens is 3. The summed E-state index contributed by atoms with van der Waals surface area (Å²) < 4.78 is 11.6. The first-order chi connectivity index (χ1) is 15.1. The van der Waals surface area contributed by atoms with Crippen LogP contribution >= 0.6 is 0 Å². The van der Waals surface area contributed by atoms with Gasteiger partial charge < -0.3 is 14.4 Å². The number of aryl methyl sites for hydroxylation is 1. The number of rotatable bonds is 5. The number of hydrogen-bond acceptors (Lipinski definition) is 6. The maximum absolute atomic E-state index is 13.6. The molecule has 7 heteroatoms. The number of nitrogens with zero attached hydrogens (tertiary/aromatic N) is 4. The molecule has 0 N–H and O–H groups in total. The molecule has 158 valence electrons. The molecule has 1 saturated carbocycles. The molecule has 2 aromatic heterocycles. The van der Waals surface area contributed by atoms with Crippen LogP contribution in [0.4, 0.5) is 0 Å². The van der Waals surface area contributed by atoms with E-state index in [1.54, 1.807) is 43.9 Å². The van der Waals surface area contributed by atoms with E-state index in [4.69, 9.17) is 9.47 Å². The van der Waals surface area contributed by atoms with Crippen LogP contribution in [0.25, 0.3) is 11.4 Å². The Labute approximate surface area is 181 Å². The van der Waals surface area contributed by atoms with Gasteiger partial charge >= 0.3 is 0 Å². The van der Waals surface area contributed by atoms with Crippen LogP contribution in [-0.4, -0.2) is 51.6 Å². The number of hydrogen-bond donors (Lipinski definition) is 0. The average Bonchev–Trinajstić information content (AvgIpc) is 3.41. The quantitative estimate of drug-likeness (QED) is 0.633. The smallest absolute Gasteiger partial charge is 0.254 e. The number of benzene rings is 1. The van der Waals surface area contributed by atoms with E-state index in [1.165, 1.54) is 0 Å². The second-order valence-electron chi connectivity index (χ2n) is 8.18. The number of ether oxygens (including phenoxy) is 2. The zero-order valence-electron chi connectivity index (χ0n) is 17.6. The lowest BCUT2D eigenvalue weighted by Gasteiger charge is -2.33. The molecular formula is C24H24N4O3. The minimum atomic E-state index is -0.0485. The Morgan fingerprint density at radius 2 is 1.94 bits per heavy atom. The Morgan fingerprint density at radius 1 is 1.10 bits per heavy atom. The van der Waals surface area contributed by atoms with Gasteiger partial charge in [0.15, 0.2) is 5.82 Å². The molecule has 0 spiro atoms. The van der Waals surface area contributed by atoms with Crippen molar-refractivity contribution >= 4 is 5.91 Å². The lowest BCUT2D eigenvalue weighted by molar-refractivity contribution is 0.0467. The van der Waals surface area contributed by atoms with E-state index in [9.17, 15) is 4.79 Å². The molecule has 1 aliphatic carbocycles. The van der Waals surface area contributed by atoms with Crippen molar-refractivity contribution in [2.75, 3.05) is 13.7 Å². The predicted molar refractivity (Wildman–Crippen MR) is 115 cm³/mol. The van der Waals surface area contributed by atoms with Crippen LogP contribution in [0.15, 0.2) is 55.0 Å². The Bertz CT molecular complexity index is 1090. The van der Waals surface area contributed by atoms with Gasteiger partial charge in [0.05, 0.1) is 18.7 Å². The number of amides is 1. The van der Waals surface area contributed by atoms with E-state index in [0.717, 1.165) is 24.9 Å². The molecule has 3 unspecified atom stereocenters. The molecule has 2 bridgehead atoms. The summed E-state index contributed by atoms with van der Waals surface area (Å²) >= 11 is 0. The molecule has 2 fully saturated rings. The zero-order valence-corrected chi connectivity index (χ0v) is 17.6. The van der Waals surface area contributed by atoms with Crippen LogP contribution in [0, 0.1) is 12.8 Å². The first kappa shape index (κ1) is 19.5. The van der Waals surface area contributed by atoms with E-state index < -0.39 is 0 Å². The zero-order chi connectivity index (χ0) is 21.4. The van der Waals surface area contributed by atoms with Crippen LogP contribution in [0.1, 0.15) is 28.8 Å². The van der Waals surface area contributed by atoms with Gasteiger partial charge in [-0.05, 0) is 55.5 Å². The maximum Gasteiger partial charge on any atom is 0.254 e. The third-order valence-corrected chi connectivity index (χ3v) is 6.11. The molecule has 1 amide bonds. The van der Waals surface area contributed by atoms with Crippen molar-refractivity contribution < 1.29 is 14.3 Å². The summed E-state index contributed by atoms with van der Waals surface area (Å²) in [5, 5.41) is 0. The molecule has 1 saturated heterocycles. The highest BCUT2D eigenvalue weighted by Crippen LogP contribution is 2.41. The number of methoxy groups -OCH3 is 1. The minimum Gasteiger partial charge on any atom is -0.497 e. The highest BCUT2D eigenvalue weighted by Gasteiger charge is 2.48. The van der Waals surface area contributed by atoms with Crippen LogP contribution in [0.3, 0.4) is 0 Å². The lowest BCUT2D eigenvalue weighted by Crippen LogP contribution is -2.47. The first-order valence-corrected chi connectivity index (χ1v) is 10.5. The number of carbonyl (C=O) groups is 1. The molecule has 5 rings (SSSR count). The average molecular weight is 416 g/mol. The number of piperidine rings is 1.